The lowest BCUT2D eigenvalue weighted by Gasteiger charge is -2.10. The zero-order chi connectivity index (χ0) is 14.2. The molecular formula is C15H14N2O3. The average Bonchev–Trinajstić information content (AvgIpc) is 2.99. The van der Waals surface area contributed by atoms with Gasteiger partial charge in [-0.2, -0.15) is 10.5 Å². The average molecular weight is 270 g/mol. The molecule has 5 heteroatoms. The van der Waals surface area contributed by atoms with Gasteiger partial charge in [-0.25, -0.2) is 0 Å². The Kier molecular flexibility index (Phi) is 5.14. The molecule has 0 aromatic heterocycles. The summed E-state index contributed by atoms with van der Waals surface area (Å²) in [6.45, 7) is 1.80. The molecule has 0 radical (unpaired) electrons. The standard InChI is InChI=1S/C15H14N2O3/c16-10-13(11-17)9-12-1-3-14(4-2-12)18-6-5-15-19-7-8-20-15/h1-4,9,15H,5-8H2. The molecular weight excluding hydrogens is 256 g/mol. The molecule has 1 aliphatic heterocycles. The molecule has 0 aliphatic carbocycles. The van der Waals surface area contributed by atoms with Crippen LogP contribution < -0.4 is 4.74 Å². The fourth-order valence-corrected chi connectivity index (χ4v) is 1.76. The monoisotopic (exact) mass is 270 g/mol. The minimum atomic E-state index is -0.161. The molecule has 0 atom stereocenters. The van der Waals surface area contributed by atoms with Gasteiger partial charge in [0.1, 0.15) is 23.5 Å². The minimum absolute atomic E-state index is 0.0780. The van der Waals surface area contributed by atoms with E-state index in [1.54, 1.807) is 24.3 Å². The number of nitrogens with zero attached hydrogens (tertiary/aromatic N) is 2. The van der Waals surface area contributed by atoms with Crippen molar-refractivity contribution in [3.05, 3.63) is 35.4 Å². The van der Waals surface area contributed by atoms with Crippen molar-refractivity contribution >= 4 is 6.08 Å². The zero-order valence-electron chi connectivity index (χ0n) is 10.9. The van der Waals surface area contributed by atoms with Gasteiger partial charge >= 0.3 is 0 Å². The third-order valence-electron chi connectivity index (χ3n) is 2.75. The van der Waals surface area contributed by atoms with Gasteiger partial charge in [0.05, 0.1) is 19.8 Å². The normalized spacial score (nSPS) is 14.3. The SMILES string of the molecule is N#CC(C#N)=Cc1ccc(OCCC2OCCO2)cc1. The van der Waals surface area contributed by atoms with Crippen molar-refractivity contribution in [2.75, 3.05) is 19.8 Å². The van der Waals surface area contributed by atoms with E-state index < -0.39 is 0 Å². The predicted molar refractivity (Wildman–Crippen MR) is 71.4 cm³/mol. The van der Waals surface area contributed by atoms with Gasteiger partial charge in [0.2, 0.25) is 0 Å². The summed E-state index contributed by atoms with van der Waals surface area (Å²) in [4.78, 5) is 0. The summed E-state index contributed by atoms with van der Waals surface area (Å²) >= 11 is 0. The molecule has 102 valence electrons. The van der Waals surface area contributed by atoms with E-state index in [1.165, 1.54) is 6.08 Å². The second-order valence-corrected chi connectivity index (χ2v) is 4.16. The predicted octanol–water partition coefficient (Wildman–Crippen LogP) is 2.26. The fourth-order valence-electron chi connectivity index (χ4n) is 1.76. The number of benzene rings is 1. The van der Waals surface area contributed by atoms with Gasteiger partial charge in [-0.15, -0.1) is 0 Å². The van der Waals surface area contributed by atoms with E-state index in [-0.39, 0.29) is 11.9 Å². The molecule has 5 nitrogen and oxygen atoms in total. The van der Waals surface area contributed by atoms with Gasteiger partial charge in [0, 0.05) is 6.42 Å². The Bertz CT molecular complexity index is 530. The van der Waals surface area contributed by atoms with Crippen molar-refractivity contribution in [3.63, 3.8) is 0 Å². The first-order valence-electron chi connectivity index (χ1n) is 6.30. The van der Waals surface area contributed by atoms with E-state index in [4.69, 9.17) is 24.7 Å². The number of rotatable bonds is 5. The maximum absolute atomic E-state index is 8.67. The maximum Gasteiger partial charge on any atom is 0.161 e. The first kappa shape index (κ1) is 14.1. The smallest absolute Gasteiger partial charge is 0.161 e. The molecule has 0 spiro atoms. The van der Waals surface area contributed by atoms with Gasteiger partial charge in [0.15, 0.2) is 6.29 Å². The van der Waals surface area contributed by atoms with Crippen LogP contribution in [0.1, 0.15) is 12.0 Å². The number of ether oxygens (including phenoxy) is 3. The van der Waals surface area contributed by atoms with Crippen LogP contribution in [0.3, 0.4) is 0 Å². The second-order valence-electron chi connectivity index (χ2n) is 4.16. The first-order valence-corrected chi connectivity index (χ1v) is 6.30. The van der Waals surface area contributed by atoms with Crippen LogP contribution in [0.25, 0.3) is 6.08 Å². The largest absolute Gasteiger partial charge is 0.493 e. The Hall–Kier alpha value is -2.34. The zero-order valence-corrected chi connectivity index (χ0v) is 10.9. The van der Waals surface area contributed by atoms with E-state index in [9.17, 15) is 0 Å². The molecule has 1 aromatic carbocycles. The molecule has 1 heterocycles. The quantitative estimate of drug-likeness (QED) is 0.767. The highest BCUT2D eigenvalue weighted by Gasteiger charge is 2.15. The molecule has 1 aromatic rings. The topological polar surface area (TPSA) is 75.3 Å². The summed E-state index contributed by atoms with van der Waals surface area (Å²) in [6, 6.07) is 10.8. The molecule has 0 bridgehead atoms. The van der Waals surface area contributed by atoms with Crippen molar-refractivity contribution in [2.24, 2.45) is 0 Å². The summed E-state index contributed by atoms with van der Waals surface area (Å²) in [5.74, 6) is 0.732. The molecule has 1 aliphatic rings. The Morgan fingerprint density at radius 1 is 1.20 bits per heavy atom. The van der Waals surface area contributed by atoms with Gasteiger partial charge in [0.25, 0.3) is 0 Å². The third kappa shape index (κ3) is 4.10. The second kappa shape index (κ2) is 7.30. The minimum Gasteiger partial charge on any atom is -0.493 e. The molecule has 0 amide bonds. The van der Waals surface area contributed by atoms with Crippen LogP contribution in [0.15, 0.2) is 29.8 Å². The Labute approximate surface area is 117 Å². The van der Waals surface area contributed by atoms with Crippen LogP contribution in [0.5, 0.6) is 5.75 Å². The number of nitriles is 2. The molecule has 2 rings (SSSR count). The lowest BCUT2D eigenvalue weighted by molar-refractivity contribution is -0.0531. The van der Waals surface area contributed by atoms with Crippen LogP contribution in [-0.4, -0.2) is 26.1 Å². The lowest BCUT2D eigenvalue weighted by Crippen LogP contribution is -2.12. The Morgan fingerprint density at radius 3 is 2.45 bits per heavy atom. The number of allylic oxidation sites excluding steroid dienone is 1. The summed E-state index contributed by atoms with van der Waals surface area (Å²) < 4.78 is 16.2. The van der Waals surface area contributed by atoms with Crippen molar-refractivity contribution < 1.29 is 14.2 Å². The Balaban J connectivity index is 1.84. The van der Waals surface area contributed by atoms with Gasteiger partial charge < -0.3 is 14.2 Å². The van der Waals surface area contributed by atoms with Crippen molar-refractivity contribution in [1.29, 1.82) is 10.5 Å². The van der Waals surface area contributed by atoms with Crippen LogP contribution in [0.2, 0.25) is 0 Å². The van der Waals surface area contributed by atoms with E-state index in [1.807, 2.05) is 12.1 Å². The van der Waals surface area contributed by atoms with Gasteiger partial charge in [-0.1, -0.05) is 12.1 Å². The van der Waals surface area contributed by atoms with Crippen LogP contribution in [0.4, 0.5) is 0 Å². The molecule has 1 fully saturated rings. The van der Waals surface area contributed by atoms with E-state index in [2.05, 4.69) is 0 Å². The Morgan fingerprint density at radius 2 is 1.85 bits per heavy atom. The van der Waals surface area contributed by atoms with Crippen molar-refractivity contribution in [3.8, 4) is 17.9 Å². The first-order chi connectivity index (χ1) is 9.81. The van der Waals surface area contributed by atoms with Gasteiger partial charge in [-0.3, -0.25) is 0 Å². The van der Waals surface area contributed by atoms with E-state index >= 15 is 0 Å². The fraction of sp³-hybridized carbons (Fsp3) is 0.333. The van der Waals surface area contributed by atoms with Gasteiger partial charge in [-0.05, 0) is 23.8 Å². The molecule has 0 unspecified atom stereocenters. The highest BCUT2D eigenvalue weighted by atomic mass is 16.7. The van der Waals surface area contributed by atoms with Crippen LogP contribution in [0, 0.1) is 22.7 Å². The summed E-state index contributed by atoms with van der Waals surface area (Å²) in [7, 11) is 0. The summed E-state index contributed by atoms with van der Waals surface area (Å²) in [5, 5.41) is 17.3. The number of hydrogen-bond acceptors (Lipinski definition) is 5. The third-order valence-corrected chi connectivity index (χ3v) is 2.75. The van der Waals surface area contributed by atoms with Crippen LogP contribution in [-0.2, 0) is 9.47 Å². The summed E-state index contributed by atoms with van der Waals surface area (Å²) in [5.41, 5.74) is 0.868. The molecule has 0 saturated carbocycles. The molecule has 20 heavy (non-hydrogen) atoms. The number of hydrogen-bond donors (Lipinski definition) is 0. The highest BCUT2D eigenvalue weighted by molar-refractivity contribution is 5.62. The summed E-state index contributed by atoms with van der Waals surface area (Å²) in [6.07, 6.45) is 2.06. The van der Waals surface area contributed by atoms with Crippen molar-refractivity contribution in [1.82, 2.24) is 0 Å². The molecule has 0 N–H and O–H groups in total. The maximum atomic E-state index is 8.67. The molecule has 1 saturated heterocycles. The highest BCUT2D eigenvalue weighted by Crippen LogP contribution is 2.15. The van der Waals surface area contributed by atoms with Crippen LogP contribution >= 0.6 is 0 Å². The lowest BCUT2D eigenvalue weighted by atomic mass is 10.1. The van der Waals surface area contributed by atoms with E-state index in [0.29, 0.717) is 26.2 Å². The van der Waals surface area contributed by atoms with E-state index in [0.717, 1.165) is 11.3 Å². The van der Waals surface area contributed by atoms with Crippen molar-refractivity contribution in [2.45, 2.75) is 12.7 Å².